The zero-order chi connectivity index (χ0) is 23.5. The molecule has 32 heavy (non-hydrogen) atoms. The van der Waals surface area contributed by atoms with Gasteiger partial charge in [-0.25, -0.2) is 0 Å². The lowest BCUT2D eigenvalue weighted by atomic mass is 10.00. The topological polar surface area (TPSA) is 49.4 Å². The Bertz CT molecular complexity index is 858. The first-order chi connectivity index (χ1) is 15.4. The van der Waals surface area contributed by atoms with E-state index in [2.05, 4.69) is 63.3 Å². The van der Waals surface area contributed by atoms with E-state index in [-0.39, 0.29) is 11.8 Å². The van der Waals surface area contributed by atoms with E-state index < -0.39 is 6.04 Å². The van der Waals surface area contributed by atoms with Gasteiger partial charge < -0.3 is 10.2 Å². The molecule has 0 fully saturated rings. The number of nitrogens with one attached hydrogen (secondary N) is 1. The molecule has 0 bridgehead atoms. The van der Waals surface area contributed by atoms with Crippen molar-refractivity contribution in [3.05, 3.63) is 70.8 Å². The van der Waals surface area contributed by atoms with Crippen LogP contribution in [0.1, 0.15) is 81.5 Å². The van der Waals surface area contributed by atoms with E-state index in [1.165, 1.54) is 5.56 Å². The first-order valence-corrected chi connectivity index (χ1v) is 12.1. The third-order valence-corrected chi connectivity index (χ3v) is 6.09. The molecule has 0 aliphatic carbocycles. The average molecular weight is 437 g/mol. The highest BCUT2D eigenvalue weighted by molar-refractivity contribution is 5.87. The van der Waals surface area contributed by atoms with Gasteiger partial charge >= 0.3 is 0 Å². The van der Waals surface area contributed by atoms with Gasteiger partial charge in [-0.2, -0.15) is 0 Å². The Kier molecular flexibility index (Phi) is 10.5. The lowest BCUT2D eigenvalue weighted by Gasteiger charge is -2.31. The number of carbonyl (C=O) groups is 2. The van der Waals surface area contributed by atoms with E-state index >= 15 is 0 Å². The molecule has 0 radical (unpaired) electrons. The molecule has 0 saturated carbocycles. The predicted octanol–water partition coefficient (Wildman–Crippen LogP) is 5.77. The minimum atomic E-state index is -0.456. The molecular weight excluding hydrogens is 396 g/mol. The quantitative estimate of drug-likeness (QED) is 0.429. The molecule has 1 atom stereocenters. The van der Waals surface area contributed by atoms with Crippen LogP contribution < -0.4 is 5.32 Å². The minimum Gasteiger partial charge on any atom is -0.354 e. The molecule has 2 aromatic carbocycles. The molecule has 2 rings (SSSR count). The van der Waals surface area contributed by atoms with Crippen molar-refractivity contribution < 1.29 is 9.59 Å². The Morgan fingerprint density at radius 3 is 2.28 bits per heavy atom. The Balaban J connectivity index is 2.16. The first kappa shape index (κ1) is 25.6. The summed E-state index contributed by atoms with van der Waals surface area (Å²) in [6.07, 6.45) is 3.64. The molecule has 0 heterocycles. The molecule has 0 aliphatic heterocycles. The fourth-order valence-electron chi connectivity index (χ4n) is 3.86. The number of carbonyl (C=O) groups excluding carboxylic acids is 2. The summed E-state index contributed by atoms with van der Waals surface area (Å²) in [7, 11) is 0. The van der Waals surface area contributed by atoms with Gasteiger partial charge in [0.15, 0.2) is 0 Å². The number of unbranched alkanes of at least 4 members (excludes halogenated alkanes) is 1. The van der Waals surface area contributed by atoms with E-state index in [4.69, 9.17) is 0 Å². The number of rotatable bonds is 12. The van der Waals surface area contributed by atoms with E-state index in [0.717, 1.165) is 29.5 Å². The van der Waals surface area contributed by atoms with Crippen molar-refractivity contribution in [2.45, 2.75) is 85.2 Å². The van der Waals surface area contributed by atoms with Crippen molar-refractivity contribution in [3.63, 3.8) is 0 Å². The fourth-order valence-corrected chi connectivity index (χ4v) is 3.86. The Labute approximate surface area is 194 Å². The highest BCUT2D eigenvalue weighted by atomic mass is 16.2. The molecule has 0 aromatic heterocycles. The molecule has 2 aromatic rings. The van der Waals surface area contributed by atoms with Crippen molar-refractivity contribution in [2.75, 3.05) is 6.54 Å². The summed E-state index contributed by atoms with van der Waals surface area (Å²) in [5.74, 6) is 0.467. The van der Waals surface area contributed by atoms with Crippen LogP contribution in [0.15, 0.2) is 48.5 Å². The second kappa shape index (κ2) is 13.0. The summed E-state index contributed by atoms with van der Waals surface area (Å²) in [5.41, 5.74) is 4.67. The second-order valence-corrected chi connectivity index (χ2v) is 8.91. The van der Waals surface area contributed by atoms with Gasteiger partial charge in [-0.15, -0.1) is 0 Å². The van der Waals surface area contributed by atoms with E-state index in [9.17, 15) is 9.59 Å². The summed E-state index contributed by atoms with van der Waals surface area (Å²) in [4.78, 5) is 28.1. The molecule has 2 amide bonds. The van der Waals surface area contributed by atoms with Gasteiger partial charge in [-0.1, -0.05) is 82.6 Å². The fraction of sp³-hybridized carbons (Fsp3) is 0.500. The molecule has 0 aliphatic rings. The van der Waals surface area contributed by atoms with Crippen molar-refractivity contribution in [1.82, 2.24) is 10.2 Å². The predicted molar refractivity (Wildman–Crippen MR) is 133 cm³/mol. The van der Waals surface area contributed by atoms with Crippen LogP contribution >= 0.6 is 0 Å². The van der Waals surface area contributed by atoms with Gasteiger partial charge in [0.2, 0.25) is 11.8 Å². The summed E-state index contributed by atoms with van der Waals surface area (Å²) in [5, 5.41) is 3.03. The number of amides is 2. The molecule has 1 unspecified atom stereocenters. The second-order valence-electron chi connectivity index (χ2n) is 8.91. The largest absolute Gasteiger partial charge is 0.354 e. The van der Waals surface area contributed by atoms with Crippen LogP contribution in [0.5, 0.6) is 0 Å². The van der Waals surface area contributed by atoms with Gasteiger partial charge in [-0.05, 0) is 54.4 Å². The third-order valence-electron chi connectivity index (χ3n) is 6.09. The van der Waals surface area contributed by atoms with Crippen LogP contribution in [0.2, 0.25) is 0 Å². The highest BCUT2D eigenvalue weighted by Crippen LogP contribution is 2.19. The zero-order valence-electron chi connectivity index (χ0n) is 20.5. The van der Waals surface area contributed by atoms with Crippen LogP contribution in [0, 0.1) is 6.92 Å². The number of benzene rings is 2. The van der Waals surface area contributed by atoms with Gasteiger partial charge in [-0.3, -0.25) is 9.59 Å². The summed E-state index contributed by atoms with van der Waals surface area (Å²) < 4.78 is 0. The van der Waals surface area contributed by atoms with Gasteiger partial charge in [0.05, 0.1) is 0 Å². The molecule has 4 nitrogen and oxygen atoms in total. The SMILES string of the molecule is CCCCNC(=O)C(CC)N(Cc1ccccc1C)C(=O)CCc1ccc(C(C)C)cc1. The molecule has 1 N–H and O–H groups in total. The van der Waals surface area contributed by atoms with E-state index in [0.29, 0.717) is 38.3 Å². The van der Waals surface area contributed by atoms with Crippen LogP contribution in [0.25, 0.3) is 0 Å². The Morgan fingerprint density at radius 1 is 1.00 bits per heavy atom. The highest BCUT2D eigenvalue weighted by Gasteiger charge is 2.28. The van der Waals surface area contributed by atoms with Crippen molar-refractivity contribution in [2.24, 2.45) is 0 Å². The zero-order valence-corrected chi connectivity index (χ0v) is 20.5. The van der Waals surface area contributed by atoms with Crippen molar-refractivity contribution in [1.29, 1.82) is 0 Å². The number of aryl methyl sites for hydroxylation is 2. The minimum absolute atomic E-state index is 0.0266. The maximum absolute atomic E-state index is 13.4. The lowest BCUT2D eigenvalue weighted by molar-refractivity contribution is -0.141. The normalized spacial score (nSPS) is 11.9. The molecular formula is C28H40N2O2. The molecule has 0 saturated heterocycles. The molecule has 4 heteroatoms. The number of hydrogen-bond donors (Lipinski definition) is 1. The Hall–Kier alpha value is -2.62. The standard InChI is InChI=1S/C28H40N2O2/c1-6-8-19-29-28(32)26(7-2)30(20-25-12-10-9-11-22(25)5)27(31)18-15-23-13-16-24(17-14-23)21(3)4/h9-14,16-17,21,26H,6-8,15,18-20H2,1-5H3,(H,29,32). The third kappa shape index (κ3) is 7.51. The van der Waals surface area contributed by atoms with E-state index in [1.54, 1.807) is 4.90 Å². The number of hydrogen-bond acceptors (Lipinski definition) is 2. The van der Waals surface area contributed by atoms with Crippen molar-refractivity contribution >= 4 is 11.8 Å². The smallest absolute Gasteiger partial charge is 0.242 e. The summed E-state index contributed by atoms with van der Waals surface area (Å²) >= 11 is 0. The molecule has 0 spiro atoms. The average Bonchev–Trinajstić information content (AvgIpc) is 2.79. The van der Waals surface area contributed by atoms with E-state index in [1.807, 2.05) is 25.1 Å². The monoisotopic (exact) mass is 436 g/mol. The van der Waals surface area contributed by atoms with Gasteiger partial charge in [0, 0.05) is 19.5 Å². The maximum Gasteiger partial charge on any atom is 0.242 e. The van der Waals surface area contributed by atoms with Crippen LogP contribution in [-0.2, 0) is 22.6 Å². The lowest BCUT2D eigenvalue weighted by Crippen LogP contribution is -2.49. The van der Waals surface area contributed by atoms with Crippen LogP contribution in [0.3, 0.4) is 0 Å². The van der Waals surface area contributed by atoms with Crippen LogP contribution in [0.4, 0.5) is 0 Å². The van der Waals surface area contributed by atoms with Gasteiger partial charge in [0.1, 0.15) is 6.04 Å². The summed E-state index contributed by atoms with van der Waals surface area (Å²) in [6, 6.07) is 16.1. The number of nitrogens with zero attached hydrogens (tertiary/aromatic N) is 1. The first-order valence-electron chi connectivity index (χ1n) is 12.1. The summed E-state index contributed by atoms with van der Waals surface area (Å²) in [6.45, 7) is 11.6. The maximum atomic E-state index is 13.4. The molecule has 174 valence electrons. The Morgan fingerprint density at radius 2 is 1.69 bits per heavy atom. The van der Waals surface area contributed by atoms with Gasteiger partial charge in [0.25, 0.3) is 0 Å². The van der Waals surface area contributed by atoms with Crippen LogP contribution in [-0.4, -0.2) is 29.3 Å². The van der Waals surface area contributed by atoms with Crippen molar-refractivity contribution in [3.8, 4) is 0 Å².